The third-order valence-electron chi connectivity index (χ3n) is 5.65. The van der Waals surface area contributed by atoms with E-state index in [4.69, 9.17) is 16.3 Å². The Morgan fingerprint density at radius 1 is 1.12 bits per heavy atom. The lowest BCUT2D eigenvalue weighted by molar-refractivity contribution is -0.171. The van der Waals surface area contributed by atoms with Crippen molar-refractivity contribution >= 4 is 29.4 Å². The fraction of sp³-hybridized carbons (Fsp3) is 0.833. The maximum Gasteiger partial charge on any atom is 0.312 e. The lowest BCUT2D eigenvalue weighted by Gasteiger charge is -2.58. The molecule has 140 valence electrons. The zero-order valence-electron chi connectivity index (χ0n) is 14.9. The van der Waals surface area contributed by atoms with Crippen LogP contribution in [0.15, 0.2) is 0 Å². The molecule has 4 aliphatic carbocycles. The minimum atomic E-state index is -0.513. The van der Waals surface area contributed by atoms with Gasteiger partial charge in [0.25, 0.3) is 5.91 Å². The molecule has 4 rings (SSSR count). The molecule has 4 bridgehead atoms. The summed E-state index contributed by atoms with van der Waals surface area (Å²) in [7, 11) is 0. The van der Waals surface area contributed by atoms with Gasteiger partial charge in [-0.15, -0.1) is 11.6 Å². The fourth-order valence-corrected chi connectivity index (χ4v) is 5.97. The van der Waals surface area contributed by atoms with E-state index < -0.39 is 11.3 Å². The van der Waals surface area contributed by atoms with E-state index in [-0.39, 0.29) is 35.9 Å². The number of hydrogen-bond acceptors (Lipinski definition) is 4. The SMILES string of the molecule is CC(C)NC(=O)CNC(=O)COC(=O)C12C[C@@H]3C[C@H](CC(Cl)(C3)C1)C2. The van der Waals surface area contributed by atoms with Crippen molar-refractivity contribution in [3.8, 4) is 0 Å². The average molecular weight is 371 g/mol. The van der Waals surface area contributed by atoms with E-state index in [0.717, 1.165) is 32.1 Å². The number of carbonyl (C=O) groups is 3. The number of halogens is 1. The molecule has 0 aromatic heterocycles. The van der Waals surface area contributed by atoms with E-state index in [9.17, 15) is 14.4 Å². The molecule has 0 aromatic carbocycles. The second-order valence-corrected chi connectivity index (χ2v) is 9.27. The minimum Gasteiger partial charge on any atom is -0.455 e. The Balaban J connectivity index is 1.48. The summed E-state index contributed by atoms with van der Waals surface area (Å²) < 4.78 is 5.31. The molecule has 0 unspecified atom stereocenters. The van der Waals surface area contributed by atoms with Crippen LogP contribution in [-0.4, -0.2) is 41.9 Å². The Kier molecular flexibility index (Phi) is 5.02. The van der Waals surface area contributed by atoms with E-state index in [1.54, 1.807) is 0 Å². The van der Waals surface area contributed by atoms with Crippen molar-refractivity contribution in [1.29, 1.82) is 0 Å². The van der Waals surface area contributed by atoms with Gasteiger partial charge in [0.2, 0.25) is 5.91 Å². The highest BCUT2D eigenvalue weighted by Crippen LogP contribution is 2.64. The zero-order valence-corrected chi connectivity index (χ0v) is 15.7. The van der Waals surface area contributed by atoms with E-state index in [2.05, 4.69) is 10.6 Å². The lowest BCUT2D eigenvalue weighted by atomic mass is 9.49. The number of alkyl halides is 1. The number of nitrogens with one attached hydrogen (secondary N) is 2. The monoisotopic (exact) mass is 370 g/mol. The largest absolute Gasteiger partial charge is 0.455 e. The highest BCUT2D eigenvalue weighted by atomic mass is 35.5. The topological polar surface area (TPSA) is 84.5 Å². The molecular formula is C18H27ClN2O4. The number of hydrogen-bond donors (Lipinski definition) is 2. The first kappa shape index (κ1) is 18.5. The summed E-state index contributed by atoms with van der Waals surface area (Å²) in [6.07, 6.45) is 5.46. The van der Waals surface area contributed by atoms with Gasteiger partial charge in [0, 0.05) is 10.9 Å². The summed E-state index contributed by atoms with van der Waals surface area (Å²) >= 11 is 6.72. The first-order valence-corrected chi connectivity index (χ1v) is 9.50. The molecule has 4 aliphatic rings. The van der Waals surface area contributed by atoms with Gasteiger partial charge in [-0.1, -0.05) is 0 Å². The van der Waals surface area contributed by atoms with Crippen LogP contribution in [0.1, 0.15) is 52.4 Å². The fourth-order valence-electron chi connectivity index (χ4n) is 5.28. The second kappa shape index (κ2) is 6.78. The number of esters is 1. The first-order valence-electron chi connectivity index (χ1n) is 9.12. The Hall–Kier alpha value is -1.30. The highest BCUT2D eigenvalue weighted by molar-refractivity contribution is 6.24. The molecule has 0 aromatic rings. The van der Waals surface area contributed by atoms with Crippen molar-refractivity contribution in [3.63, 3.8) is 0 Å². The molecule has 2 atom stereocenters. The Morgan fingerprint density at radius 2 is 1.76 bits per heavy atom. The molecular weight excluding hydrogens is 344 g/mol. The van der Waals surface area contributed by atoms with Crippen LogP contribution in [0, 0.1) is 17.3 Å². The molecule has 0 heterocycles. The lowest BCUT2D eigenvalue weighted by Crippen LogP contribution is -2.56. The van der Waals surface area contributed by atoms with E-state index >= 15 is 0 Å². The van der Waals surface area contributed by atoms with Crippen LogP contribution >= 0.6 is 11.6 Å². The Labute approximate surface area is 153 Å². The van der Waals surface area contributed by atoms with Gasteiger partial charge in [0.1, 0.15) is 0 Å². The average Bonchev–Trinajstić information content (AvgIpc) is 2.47. The van der Waals surface area contributed by atoms with Crippen LogP contribution < -0.4 is 10.6 Å². The Bertz CT molecular complexity index is 563. The predicted octanol–water partition coefficient (Wildman–Crippen LogP) is 1.75. The van der Waals surface area contributed by atoms with Crippen LogP contribution in [0.3, 0.4) is 0 Å². The number of carbonyl (C=O) groups excluding carboxylic acids is 3. The first-order chi connectivity index (χ1) is 11.7. The third-order valence-corrected chi connectivity index (χ3v) is 6.10. The predicted molar refractivity (Wildman–Crippen MR) is 92.9 cm³/mol. The molecule has 25 heavy (non-hydrogen) atoms. The Morgan fingerprint density at radius 3 is 2.32 bits per heavy atom. The third kappa shape index (κ3) is 4.10. The highest BCUT2D eigenvalue weighted by Gasteiger charge is 2.60. The number of ether oxygens (including phenoxy) is 1. The van der Waals surface area contributed by atoms with Gasteiger partial charge >= 0.3 is 5.97 Å². The van der Waals surface area contributed by atoms with Gasteiger partial charge in [-0.05, 0) is 64.2 Å². The number of rotatable bonds is 6. The zero-order chi connectivity index (χ0) is 18.2. The molecule has 6 nitrogen and oxygen atoms in total. The molecule has 0 saturated heterocycles. The smallest absolute Gasteiger partial charge is 0.312 e. The van der Waals surface area contributed by atoms with Crippen molar-refractivity contribution in [2.75, 3.05) is 13.2 Å². The quantitative estimate of drug-likeness (QED) is 0.551. The molecule has 0 aliphatic heterocycles. The van der Waals surface area contributed by atoms with Crippen molar-refractivity contribution in [2.24, 2.45) is 17.3 Å². The maximum atomic E-state index is 12.7. The second-order valence-electron chi connectivity index (χ2n) is 8.47. The molecule has 2 N–H and O–H groups in total. The summed E-state index contributed by atoms with van der Waals surface area (Å²) in [6.45, 7) is 3.22. The normalized spacial score (nSPS) is 35.5. The summed E-state index contributed by atoms with van der Waals surface area (Å²) in [5.74, 6) is -0.0227. The summed E-state index contributed by atoms with van der Waals surface area (Å²) in [4.78, 5) is 35.8. The summed E-state index contributed by atoms with van der Waals surface area (Å²) in [5, 5.41) is 5.15. The van der Waals surface area contributed by atoms with E-state index in [1.165, 1.54) is 0 Å². The van der Waals surface area contributed by atoms with E-state index in [1.807, 2.05) is 13.8 Å². The van der Waals surface area contributed by atoms with Crippen LogP contribution in [-0.2, 0) is 19.1 Å². The van der Waals surface area contributed by atoms with Crippen molar-refractivity contribution in [3.05, 3.63) is 0 Å². The molecule has 0 radical (unpaired) electrons. The van der Waals surface area contributed by atoms with Crippen molar-refractivity contribution in [1.82, 2.24) is 10.6 Å². The maximum absolute atomic E-state index is 12.7. The van der Waals surface area contributed by atoms with Crippen LogP contribution in [0.5, 0.6) is 0 Å². The molecule has 7 heteroatoms. The molecule has 2 amide bonds. The number of amides is 2. The minimum absolute atomic E-state index is 0.0150. The van der Waals surface area contributed by atoms with E-state index in [0.29, 0.717) is 18.3 Å². The molecule has 4 saturated carbocycles. The van der Waals surface area contributed by atoms with Gasteiger partial charge in [0.05, 0.1) is 12.0 Å². The van der Waals surface area contributed by atoms with Crippen LogP contribution in [0.4, 0.5) is 0 Å². The van der Waals surface area contributed by atoms with Gasteiger partial charge < -0.3 is 15.4 Å². The molecule has 0 spiro atoms. The van der Waals surface area contributed by atoms with Crippen LogP contribution in [0.25, 0.3) is 0 Å². The van der Waals surface area contributed by atoms with Crippen LogP contribution in [0.2, 0.25) is 0 Å². The summed E-state index contributed by atoms with van der Waals surface area (Å²) in [5.41, 5.74) is -0.513. The van der Waals surface area contributed by atoms with Crippen molar-refractivity contribution < 1.29 is 19.1 Å². The van der Waals surface area contributed by atoms with Gasteiger partial charge in [-0.3, -0.25) is 14.4 Å². The van der Waals surface area contributed by atoms with Crippen molar-refractivity contribution in [2.45, 2.75) is 63.3 Å². The van der Waals surface area contributed by atoms with Gasteiger partial charge in [0.15, 0.2) is 6.61 Å². The standard InChI is InChI=1S/C18H27ClN2O4/c1-11(2)21-14(22)8-20-15(23)9-25-16(24)17-4-12-3-13(5-17)7-18(19,6-12)10-17/h11-13H,3-10H2,1-2H3,(H,20,23)(H,21,22)/t12-,13-,17?,18?/m0/s1. The van der Waals surface area contributed by atoms with Gasteiger partial charge in [-0.2, -0.15) is 0 Å². The summed E-state index contributed by atoms with van der Waals surface area (Å²) in [6, 6.07) is 0.0150. The van der Waals surface area contributed by atoms with Gasteiger partial charge in [-0.25, -0.2) is 0 Å². The molecule has 4 fully saturated rings.